The van der Waals surface area contributed by atoms with E-state index in [2.05, 4.69) is 59.7 Å². The maximum atomic E-state index is 11.3. The Morgan fingerprint density at radius 2 is 1.23 bits per heavy atom. The number of carbonyl (C=O) groups is 1. The van der Waals surface area contributed by atoms with E-state index in [0.717, 1.165) is 4.90 Å². The van der Waals surface area contributed by atoms with E-state index in [1.165, 1.54) is 22.9 Å². The van der Waals surface area contributed by atoms with Gasteiger partial charge in [-0.3, -0.25) is 0 Å². The maximum Gasteiger partial charge on any atom is 1.00 e. The van der Waals surface area contributed by atoms with Gasteiger partial charge >= 0.3 is 29.6 Å². The van der Waals surface area contributed by atoms with E-state index < -0.39 is 10.7 Å². The molecule has 0 fully saturated rings. The number of hydrogen-bond donors (Lipinski definition) is 0. The van der Waals surface area contributed by atoms with Gasteiger partial charge < -0.3 is 9.90 Å². The number of carbonyl (C=O) groups excluding carboxylic acids is 1. The minimum absolute atomic E-state index is 0. The molecule has 0 aliphatic heterocycles. The summed E-state index contributed by atoms with van der Waals surface area (Å²) in [4.78, 5) is 12.2. The van der Waals surface area contributed by atoms with Crippen molar-refractivity contribution < 1.29 is 39.5 Å². The smallest absolute Gasteiger partial charge is 0.549 e. The van der Waals surface area contributed by atoms with Crippen LogP contribution in [0, 0.1) is 0 Å². The Labute approximate surface area is 161 Å². The molecule has 4 heteroatoms. The summed E-state index contributed by atoms with van der Waals surface area (Å²) in [7, 11) is 0. The SMILES string of the molecule is CC(C)(Sc1cc(C(C)(C)C)cc(C(C)(C)C)c1)C(=O)[O-].[Na+]. The fraction of sp³-hybridized carbons (Fsp3) is 0.611. The average Bonchev–Trinajstić information content (AvgIpc) is 2.25. The Bertz CT molecular complexity index is 505. The third-order valence-electron chi connectivity index (χ3n) is 3.50. The third-order valence-corrected chi connectivity index (χ3v) is 4.65. The van der Waals surface area contributed by atoms with Gasteiger partial charge in [-0.25, -0.2) is 0 Å². The summed E-state index contributed by atoms with van der Waals surface area (Å²) >= 11 is 1.35. The minimum atomic E-state index is -1.04. The minimum Gasteiger partial charge on any atom is -0.549 e. The number of carboxylic acid groups (broad SMARTS) is 1. The molecule has 0 N–H and O–H groups in total. The number of aliphatic carboxylic acids is 1. The van der Waals surface area contributed by atoms with Crippen molar-refractivity contribution in [3.05, 3.63) is 29.3 Å². The van der Waals surface area contributed by atoms with Crippen LogP contribution in [0.15, 0.2) is 23.1 Å². The van der Waals surface area contributed by atoms with Gasteiger partial charge in [-0.1, -0.05) is 47.6 Å². The summed E-state index contributed by atoms with van der Waals surface area (Å²) in [5.41, 5.74) is 2.52. The quantitative estimate of drug-likeness (QED) is 0.611. The Morgan fingerprint density at radius 3 is 1.50 bits per heavy atom. The monoisotopic (exact) mass is 330 g/mol. The van der Waals surface area contributed by atoms with Gasteiger partial charge in [0.05, 0.1) is 10.7 Å². The van der Waals surface area contributed by atoms with Gasteiger partial charge in [0, 0.05) is 4.90 Å². The van der Waals surface area contributed by atoms with Gasteiger partial charge in [-0.15, -0.1) is 11.8 Å². The molecule has 0 aromatic heterocycles. The van der Waals surface area contributed by atoms with E-state index in [1.54, 1.807) is 13.8 Å². The second-order valence-corrected chi connectivity index (χ2v) is 9.84. The van der Waals surface area contributed by atoms with E-state index in [4.69, 9.17) is 0 Å². The Kier molecular flexibility index (Phi) is 7.31. The molecule has 0 saturated heterocycles. The first-order valence-corrected chi connectivity index (χ1v) is 8.12. The maximum absolute atomic E-state index is 11.3. The molecule has 0 aliphatic rings. The molecule has 1 rings (SSSR count). The van der Waals surface area contributed by atoms with Gasteiger partial charge in [0.1, 0.15) is 0 Å². The van der Waals surface area contributed by atoms with E-state index >= 15 is 0 Å². The summed E-state index contributed by atoms with van der Waals surface area (Å²) < 4.78 is -0.939. The Hall–Kier alpha value is 0.0400. The van der Waals surface area contributed by atoms with Crippen LogP contribution in [0.2, 0.25) is 0 Å². The first-order chi connectivity index (χ1) is 9.23. The molecule has 0 radical (unpaired) electrons. The average molecular weight is 330 g/mol. The zero-order chi connectivity index (χ0) is 16.6. The molecule has 1 aromatic carbocycles. The van der Waals surface area contributed by atoms with Gasteiger partial charge in [-0.05, 0) is 47.9 Å². The second-order valence-electron chi connectivity index (χ2n) is 8.15. The fourth-order valence-corrected chi connectivity index (χ4v) is 2.90. The number of benzene rings is 1. The summed E-state index contributed by atoms with van der Waals surface area (Å²) in [6, 6.07) is 6.44. The van der Waals surface area contributed by atoms with Gasteiger partial charge in [0.15, 0.2) is 0 Å². The van der Waals surface area contributed by atoms with E-state index in [9.17, 15) is 9.90 Å². The second kappa shape index (κ2) is 7.29. The van der Waals surface area contributed by atoms with Crippen LogP contribution < -0.4 is 34.7 Å². The van der Waals surface area contributed by atoms with E-state index in [-0.39, 0.29) is 40.4 Å². The predicted molar refractivity (Wildman–Crippen MR) is 88.8 cm³/mol. The predicted octanol–water partition coefficient (Wildman–Crippen LogP) is 0.906. The molecule has 1 aromatic rings. The van der Waals surface area contributed by atoms with Crippen molar-refractivity contribution in [1.82, 2.24) is 0 Å². The zero-order valence-electron chi connectivity index (χ0n) is 15.5. The van der Waals surface area contributed by atoms with Crippen LogP contribution in [-0.4, -0.2) is 10.7 Å². The standard InChI is InChI=1S/C18H28O2S.Na/c1-16(2,3)12-9-13(17(4,5)6)11-14(10-12)21-18(7,8)15(19)20;/h9-11H,1-8H3,(H,19,20);/q;+1/p-1. The van der Waals surface area contributed by atoms with Gasteiger partial charge in [-0.2, -0.15) is 0 Å². The first kappa shape index (κ1) is 22.0. The summed E-state index contributed by atoms with van der Waals surface area (Å²) in [6.07, 6.45) is 0. The summed E-state index contributed by atoms with van der Waals surface area (Å²) in [5.74, 6) is -1.04. The molecule has 2 nitrogen and oxygen atoms in total. The Balaban J connectivity index is 0.00000441. The van der Waals surface area contributed by atoms with Crippen LogP contribution in [0.1, 0.15) is 66.5 Å². The number of carboxylic acids is 1. The normalized spacial score (nSPS) is 12.7. The van der Waals surface area contributed by atoms with Crippen molar-refractivity contribution in [2.75, 3.05) is 0 Å². The first-order valence-electron chi connectivity index (χ1n) is 7.30. The molecule has 0 spiro atoms. The molecule has 0 heterocycles. The van der Waals surface area contributed by atoms with Crippen LogP contribution in [0.4, 0.5) is 0 Å². The van der Waals surface area contributed by atoms with Gasteiger partial charge in [0.25, 0.3) is 0 Å². The third kappa shape index (κ3) is 5.92. The van der Waals surface area contributed by atoms with Crippen molar-refractivity contribution in [3.8, 4) is 0 Å². The number of hydrogen-bond acceptors (Lipinski definition) is 3. The fourth-order valence-electron chi connectivity index (χ4n) is 1.86. The molecule has 0 saturated carbocycles. The van der Waals surface area contributed by atoms with Crippen molar-refractivity contribution in [1.29, 1.82) is 0 Å². The molecule has 0 atom stereocenters. The molecule has 0 aliphatic carbocycles. The Morgan fingerprint density at radius 1 is 0.864 bits per heavy atom. The van der Waals surface area contributed by atoms with E-state index in [0.29, 0.717) is 0 Å². The molecule has 0 amide bonds. The van der Waals surface area contributed by atoms with E-state index in [1.807, 2.05) is 0 Å². The molecule has 0 unspecified atom stereocenters. The number of rotatable bonds is 3. The van der Waals surface area contributed by atoms with Crippen LogP contribution in [0.3, 0.4) is 0 Å². The van der Waals surface area contributed by atoms with Crippen LogP contribution >= 0.6 is 11.8 Å². The van der Waals surface area contributed by atoms with Crippen molar-refractivity contribution in [3.63, 3.8) is 0 Å². The molecule has 22 heavy (non-hydrogen) atoms. The molecule has 0 bridgehead atoms. The molecular weight excluding hydrogens is 303 g/mol. The largest absolute Gasteiger partial charge is 1.00 e. The molecular formula is C18H27NaO2S. The number of thioether (sulfide) groups is 1. The summed E-state index contributed by atoms with van der Waals surface area (Å²) in [6.45, 7) is 16.4. The zero-order valence-corrected chi connectivity index (χ0v) is 18.3. The van der Waals surface area contributed by atoms with Crippen molar-refractivity contribution in [2.24, 2.45) is 0 Å². The van der Waals surface area contributed by atoms with Crippen molar-refractivity contribution >= 4 is 17.7 Å². The molecule has 118 valence electrons. The summed E-state index contributed by atoms with van der Waals surface area (Å²) in [5, 5.41) is 11.3. The van der Waals surface area contributed by atoms with Crippen LogP contribution in [-0.2, 0) is 15.6 Å². The van der Waals surface area contributed by atoms with Gasteiger partial charge in [0.2, 0.25) is 0 Å². The van der Waals surface area contributed by atoms with Crippen LogP contribution in [0.25, 0.3) is 0 Å². The van der Waals surface area contributed by atoms with Crippen LogP contribution in [0.5, 0.6) is 0 Å². The van der Waals surface area contributed by atoms with Crippen molar-refractivity contribution in [2.45, 2.75) is 75.9 Å². The topological polar surface area (TPSA) is 40.1 Å².